The summed E-state index contributed by atoms with van der Waals surface area (Å²) < 4.78 is 49.6. The number of amides is 1. The minimum absolute atomic E-state index is 0.0187. The number of rotatable bonds is 9. The van der Waals surface area contributed by atoms with Crippen molar-refractivity contribution in [1.82, 2.24) is 20.3 Å². The molecule has 1 amide bonds. The van der Waals surface area contributed by atoms with Gasteiger partial charge < -0.3 is 14.8 Å². The van der Waals surface area contributed by atoms with Gasteiger partial charge in [0, 0.05) is 17.4 Å². The molecule has 1 fully saturated rings. The maximum Gasteiger partial charge on any atom is 0.254 e. The molecule has 0 saturated heterocycles. The van der Waals surface area contributed by atoms with Gasteiger partial charge in [0.15, 0.2) is 11.6 Å². The van der Waals surface area contributed by atoms with Gasteiger partial charge in [-0.1, -0.05) is 0 Å². The van der Waals surface area contributed by atoms with Crippen molar-refractivity contribution in [3.63, 3.8) is 0 Å². The molecule has 1 atom stereocenters. The second-order valence-electron chi connectivity index (χ2n) is 7.28. The van der Waals surface area contributed by atoms with E-state index < -0.39 is 34.1 Å². The number of benzene rings is 1. The van der Waals surface area contributed by atoms with Crippen molar-refractivity contribution in [3.05, 3.63) is 65.7 Å². The minimum atomic E-state index is -1.29. The Labute approximate surface area is 191 Å². The summed E-state index contributed by atoms with van der Waals surface area (Å²) in [4.78, 5) is 24.6. The predicted molar refractivity (Wildman–Crippen MR) is 119 cm³/mol. The van der Waals surface area contributed by atoms with E-state index in [1.54, 1.807) is 19.1 Å². The molecule has 1 unspecified atom stereocenters. The number of ether oxygens (including phenoxy) is 1. The Morgan fingerprint density at radius 1 is 1.21 bits per heavy atom. The Balaban J connectivity index is 1.45. The van der Waals surface area contributed by atoms with Crippen LogP contribution in [0.5, 0.6) is 5.88 Å². The summed E-state index contributed by atoms with van der Waals surface area (Å²) in [6.07, 6.45) is 6.02. The molecule has 1 aliphatic rings. The fraction of sp³-hybridized carbons (Fsp3) is 0.273. The van der Waals surface area contributed by atoms with Gasteiger partial charge in [0.1, 0.15) is 11.0 Å². The molecule has 2 heterocycles. The van der Waals surface area contributed by atoms with Crippen molar-refractivity contribution in [2.75, 3.05) is 11.3 Å². The molecule has 1 aromatic carbocycles. The molecule has 0 aliphatic heterocycles. The number of pyridine rings is 1. The predicted octanol–water partition coefficient (Wildman–Crippen LogP) is 3.38. The highest BCUT2D eigenvalue weighted by molar-refractivity contribution is 7.87. The normalized spacial score (nSPS) is 13.9. The number of hydrogen-bond donors (Lipinski definition) is 2. The Morgan fingerprint density at radius 2 is 2.03 bits per heavy atom. The first-order valence-electron chi connectivity index (χ1n) is 10.3. The molecule has 3 aromatic rings. The highest BCUT2D eigenvalue weighted by Crippen LogP contribution is 2.27. The van der Waals surface area contributed by atoms with Gasteiger partial charge in [-0.2, -0.15) is 0 Å². The molecule has 4 rings (SSSR count). The van der Waals surface area contributed by atoms with E-state index in [2.05, 4.69) is 25.0 Å². The monoisotopic (exact) mass is 473 g/mol. The van der Waals surface area contributed by atoms with Crippen LogP contribution in [0.15, 0.2) is 42.9 Å². The number of nitrogens with zero attached hydrogens (tertiary/aromatic N) is 3. The molecule has 8 nitrogen and oxygen atoms in total. The Bertz CT molecular complexity index is 1210. The summed E-state index contributed by atoms with van der Waals surface area (Å²) in [5.41, 5.74) is 0.580. The molecule has 33 heavy (non-hydrogen) atoms. The lowest BCUT2D eigenvalue weighted by atomic mass is 10.1. The van der Waals surface area contributed by atoms with Gasteiger partial charge in [0.2, 0.25) is 5.88 Å². The lowest BCUT2D eigenvalue weighted by Gasteiger charge is -2.10. The van der Waals surface area contributed by atoms with Crippen molar-refractivity contribution >= 4 is 22.6 Å². The third-order valence-corrected chi connectivity index (χ3v) is 6.31. The topological polar surface area (TPSA) is 106 Å². The zero-order chi connectivity index (χ0) is 23.4. The Morgan fingerprint density at radius 3 is 2.79 bits per heavy atom. The first-order valence-corrected chi connectivity index (χ1v) is 11.5. The number of halogens is 2. The third-order valence-electron chi connectivity index (χ3n) is 4.80. The van der Waals surface area contributed by atoms with E-state index in [-0.39, 0.29) is 28.9 Å². The highest BCUT2D eigenvalue weighted by atomic mass is 32.2. The van der Waals surface area contributed by atoms with E-state index in [0.717, 1.165) is 12.8 Å². The lowest BCUT2D eigenvalue weighted by molar-refractivity contribution is 0.0945. The minimum Gasteiger partial charge on any atom is -0.477 e. The van der Waals surface area contributed by atoms with Gasteiger partial charge in [-0.25, -0.2) is 18.0 Å². The van der Waals surface area contributed by atoms with E-state index in [4.69, 9.17) is 4.74 Å². The standard InChI is InChI=1S/C22H21F2N5O3S/c1-2-32-19-12-25-11-18(28-19)16-5-6-17(21(24)20(16)23)22(30)27-10-14-9-13(7-8-26-14)29-33(31)15-3-4-15/h5-9,11-12,15H,2-4,10H2,1H3,(H,26,29)(H,27,30). The SMILES string of the molecule is CCOc1cncc(-c2ccc(C(=O)NCc3cc(NS(=O)C4CC4)ccn3)c(F)c2F)n1. The van der Waals surface area contributed by atoms with Crippen LogP contribution in [0.2, 0.25) is 0 Å². The van der Waals surface area contributed by atoms with Gasteiger partial charge >= 0.3 is 0 Å². The maximum atomic E-state index is 14.7. The zero-order valence-electron chi connectivity index (χ0n) is 17.7. The number of hydrogen-bond acceptors (Lipinski definition) is 6. The summed E-state index contributed by atoms with van der Waals surface area (Å²) >= 11 is 0. The molecule has 0 radical (unpaired) electrons. The molecule has 0 spiro atoms. The van der Waals surface area contributed by atoms with Crippen molar-refractivity contribution < 1.29 is 22.5 Å². The number of carbonyl (C=O) groups is 1. The Hall–Kier alpha value is -3.47. The average Bonchev–Trinajstić information content (AvgIpc) is 3.66. The van der Waals surface area contributed by atoms with Crippen LogP contribution in [0, 0.1) is 11.6 Å². The van der Waals surface area contributed by atoms with Crippen LogP contribution in [0.3, 0.4) is 0 Å². The van der Waals surface area contributed by atoms with Crippen molar-refractivity contribution in [3.8, 4) is 17.1 Å². The number of carbonyl (C=O) groups excluding carboxylic acids is 1. The van der Waals surface area contributed by atoms with Crippen molar-refractivity contribution in [1.29, 1.82) is 0 Å². The second kappa shape index (κ2) is 9.99. The van der Waals surface area contributed by atoms with Gasteiger partial charge in [0.25, 0.3) is 5.91 Å². The van der Waals surface area contributed by atoms with E-state index in [0.29, 0.717) is 18.0 Å². The molecule has 1 aliphatic carbocycles. The van der Waals surface area contributed by atoms with Crippen LogP contribution in [0.25, 0.3) is 11.3 Å². The molecule has 2 N–H and O–H groups in total. The molecular weight excluding hydrogens is 452 g/mol. The van der Waals surface area contributed by atoms with Crippen molar-refractivity contribution in [2.45, 2.75) is 31.6 Å². The lowest BCUT2D eigenvalue weighted by Crippen LogP contribution is -2.25. The molecule has 1 saturated carbocycles. The van der Waals surface area contributed by atoms with E-state index >= 15 is 0 Å². The van der Waals surface area contributed by atoms with Gasteiger partial charge in [-0.3, -0.25) is 14.8 Å². The maximum absolute atomic E-state index is 14.7. The quantitative estimate of drug-likeness (QED) is 0.494. The van der Waals surface area contributed by atoms with Gasteiger partial charge in [-0.15, -0.1) is 0 Å². The van der Waals surface area contributed by atoms with Crippen LogP contribution >= 0.6 is 0 Å². The molecule has 172 valence electrons. The van der Waals surface area contributed by atoms with E-state index in [9.17, 15) is 17.8 Å². The summed E-state index contributed by atoms with van der Waals surface area (Å²) in [5.74, 6) is -3.12. The van der Waals surface area contributed by atoms with E-state index in [1.807, 2.05) is 0 Å². The Kier molecular flexibility index (Phi) is 6.87. The molecular formula is C22H21F2N5O3S. The first kappa shape index (κ1) is 22.7. The number of nitrogens with one attached hydrogen (secondary N) is 2. The van der Waals surface area contributed by atoms with Crippen LogP contribution in [0.1, 0.15) is 35.8 Å². The summed E-state index contributed by atoms with van der Waals surface area (Å²) in [6, 6.07) is 5.76. The fourth-order valence-corrected chi connectivity index (χ4v) is 4.09. The van der Waals surface area contributed by atoms with Crippen LogP contribution in [-0.2, 0) is 17.5 Å². The molecule has 11 heteroatoms. The number of aromatic nitrogens is 3. The highest BCUT2D eigenvalue weighted by Gasteiger charge is 2.28. The average molecular weight is 474 g/mol. The van der Waals surface area contributed by atoms with Crippen LogP contribution in [-0.4, -0.2) is 36.9 Å². The first-order chi connectivity index (χ1) is 16.0. The summed E-state index contributed by atoms with van der Waals surface area (Å²) in [7, 11) is -1.16. The fourth-order valence-electron chi connectivity index (χ4n) is 3.00. The number of anilines is 1. The molecule has 2 aromatic heterocycles. The zero-order valence-corrected chi connectivity index (χ0v) is 18.5. The second-order valence-corrected chi connectivity index (χ2v) is 8.75. The van der Waals surface area contributed by atoms with E-state index in [1.165, 1.54) is 30.7 Å². The summed E-state index contributed by atoms with van der Waals surface area (Å²) in [6.45, 7) is 2.09. The molecule has 0 bridgehead atoms. The summed E-state index contributed by atoms with van der Waals surface area (Å²) in [5, 5.41) is 2.69. The third kappa shape index (κ3) is 5.48. The largest absolute Gasteiger partial charge is 0.477 e. The van der Waals surface area contributed by atoms with Crippen LogP contribution < -0.4 is 14.8 Å². The smallest absolute Gasteiger partial charge is 0.254 e. The van der Waals surface area contributed by atoms with Crippen LogP contribution in [0.4, 0.5) is 14.5 Å². The van der Waals surface area contributed by atoms with Crippen molar-refractivity contribution in [2.24, 2.45) is 0 Å². The van der Waals surface area contributed by atoms with Gasteiger partial charge in [0.05, 0.1) is 47.7 Å². The van der Waals surface area contributed by atoms with Gasteiger partial charge in [-0.05, 0) is 44.0 Å².